The Morgan fingerprint density at radius 1 is 0.500 bits per heavy atom. The summed E-state index contributed by atoms with van der Waals surface area (Å²) in [6.45, 7) is 6.89. The smallest absolute Gasteiger partial charge is 1.00 e. The first-order valence-electron chi connectivity index (χ1n) is 43.0. The van der Waals surface area contributed by atoms with Crippen LogP contribution in [0.3, 0.4) is 0 Å². The second-order valence-corrected chi connectivity index (χ2v) is 30.7. The van der Waals surface area contributed by atoms with Crippen LogP contribution in [-0.2, 0) is 112 Å². The quantitative estimate of drug-likeness (QED) is 0.0104. The summed E-state index contributed by atoms with van der Waals surface area (Å²) in [5, 5.41) is 45.8. The fourth-order valence-electron chi connectivity index (χ4n) is 15.7. The van der Waals surface area contributed by atoms with Crippen LogP contribution in [0.5, 0.6) is 17.2 Å². The summed E-state index contributed by atoms with van der Waals surface area (Å²) in [4.78, 5) is 126. The molecule has 37 heteroatoms. The van der Waals surface area contributed by atoms with Gasteiger partial charge in [-0.3, -0.25) is 87.9 Å². The molecule has 130 heavy (non-hydrogen) atoms. The molecule has 34 nitrogen and oxygen atoms in total. The molecule has 2 atom stereocenters. The maximum Gasteiger partial charge on any atom is 1.00 e. The third-order valence-corrected chi connectivity index (χ3v) is 21.9. The van der Waals surface area contributed by atoms with Crippen molar-refractivity contribution in [3.05, 3.63) is 226 Å². The third kappa shape index (κ3) is 30.4. The summed E-state index contributed by atoms with van der Waals surface area (Å²) in [5.41, 5.74) is 16.0. The zero-order chi connectivity index (χ0) is 87.9. The Balaban J connectivity index is 0.000000219. The van der Waals surface area contributed by atoms with Crippen LogP contribution < -0.4 is 186 Å². The van der Waals surface area contributed by atoms with Crippen LogP contribution in [0.1, 0.15) is 197 Å². The van der Waals surface area contributed by atoms with Gasteiger partial charge < -0.3 is 50.9 Å². The van der Waals surface area contributed by atoms with Gasteiger partial charge in [0, 0.05) is 114 Å². The van der Waals surface area contributed by atoms with Crippen molar-refractivity contribution in [3.8, 4) is 17.2 Å². The van der Waals surface area contributed by atoms with Gasteiger partial charge in [-0.25, -0.2) is 14.8 Å². The van der Waals surface area contributed by atoms with Crippen LogP contribution in [0.15, 0.2) is 153 Å². The number of hydrogen-bond acceptors (Lipinski definition) is 27. The topological polar surface area (TPSA) is 455 Å². The van der Waals surface area contributed by atoms with Crippen LogP contribution in [-0.4, -0.2) is 179 Å². The number of carboxylic acids is 2. The molecular weight excluding hydrogens is 1900 g/mol. The van der Waals surface area contributed by atoms with Crippen molar-refractivity contribution in [1.29, 1.82) is 0 Å². The van der Waals surface area contributed by atoms with Gasteiger partial charge in [0.2, 0.25) is 11.8 Å². The number of nitrogens with one attached hydrogen (secondary N) is 1. The van der Waals surface area contributed by atoms with E-state index in [1.165, 1.54) is 97.1 Å². The van der Waals surface area contributed by atoms with Gasteiger partial charge >= 0.3 is 181 Å². The van der Waals surface area contributed by atoms with E-state index in [9.17, 15) is 33.9 Å². The number of esters is 2. The number of anilines is 2. The molecule has 2 amide bonds. The number of carboxylic acid groups (broad SMARTS) is 2. The zero-order valence-electron chi connectivity index (χ0n) is 75.1. The van der Waals surface area contributed by atoms with E-state index < -0.39 is 30.0 Å². The number of rotatable bonds is 32. The van der Waals surface area contributed by atoms with E-state index in [0.717, 1.165) is 125 Å². The molecule has 0 spiro atoms. The van der Waals surface area contributed by atoms with Crippen molar-refractivity contribution in [2.45, 2.75) is 186 Å². The van der Waals surface area contributed by atoms with Gasteiger partial charge in [0.05, 0.1) is 135 Å². The predicted octanol–water partition coefficient (Wildman–Crippen LogP) is 2.99. The number of unbranched alkanes of at least 4 members (excludes halogenated alkanes) is 1. The molecule has 17 rings (SSSR count). The molecule has 5 aliphatic rings. The van der Waals surface area contributed by atoms with Gasteiger partial charge in [-0.05, 0) is 219 Å². The minimum atomic E-state index is -0.974. The van der Waals surface area contributed by atoms with Crippen molar-refractivity contribution in [2.24, 2.45) is 0 Å². The number of aromatic amines is 1. The summed E-state index contributed by atoms with van der Waals surface area (Å²) in [6.07, 6.45) is 38.4. The Bertz CT molecular complexity index is 5810. The first kappa shape index (κ1) is 105. The average molecular weight is 2000 g/mol. The minimum Gasteiger partial charge on any atom is -1.00 e. The fraction of sp³-hybridized carbons (Fsp3) is 0.387. The van der Waals surface area contributed by atoms with Crippen LogP contribution in [0, 0.1) is 0 Å². The molecule has 11 heterocycles. The summed E-state index contributed by atoms with van der Waals surface area (Å²) in [6, 6.07) is 29.2. The third-order valence-electron chi connectivity index (χ3n) is 21.9. The molecule has 2 saturated heterocycles. The SMILES string of the molecule is CCOC(=O)/C=C/c1cncc(N2CCCC2=O)n1.CCOC(=O)CC(c1cncc(N2CCCC2=O)n1)n1ncc2cc(OCCc3ccc4c(n3)CCCC4)ccc21.O=C(O)CCCCc1cncc(C(CC(=O)O)n2ncc3cc(OCCc4ccc5c(n4)CCCC5)ccc32)n1.O=CO[O-].[Cs+].[Cs+].[H-].[Li+].[OH-].c1cc2[nH]ncc2cc1OCCc1ccc2c(n1)CCCC2. The number of pyridine rings is 3. The Labute approximate surface area is 883 Å². The van der Waals surface area contributed by atoms with Gasteiger partial charge in [0.25, 0.3) is 6.47 Å². The van der Waals surface area contributed by atoms with Crippen molar-refractivity contribution >= 4 is 92.6 Å². The summed E-state index contributed by atoms with van der Waals surface area (Å²) in [5.74, 6) is 0.839. The van der Waals surface area contributed by atoms with Crippen molar-refractivity contribution in [1.82, 2.24) is 74.6 Å². The Hall–Kier alpha value is -9.19. The number of carbonyl (C=O) groups is 7. The van der Waals surface area contributed by atoms with Gasteiger partial charge in [0.1, 0.15) is 29.3 Å². The van der Waals surface area contributed by atoms with Gasteiger partial charge in [0.15, 0.2) is 11.6 Å². The molecule has 666 valence electrons. The Morgan fingerprint density at radius 3 is 1.45 bits per heavy atom. The summed E-state index contributed by atoms with van der Waals surface area (Å²) < 4.78 is 31.4. The number of ether oxygens (including phenoxy) is 5. The molecule has 2 unspecified atom stereocenters. The number of aryl methyl sites for hydroxylation is 7. The van der Waals surface area contributed by atoms with E-state index in [0.29, 0.717) is 112 Å². The number of aromatic nitrogens is 15. The van der Waals surface area contributed by atoms with Crippen LogP contribution >= 0.6 is 0 Å². The van der Waals surface area contributed by atoms with Gasteiger partial charge in [-0.1, -0.05) is 18.2 Å². The Morgan fingerprint density at radius 2 is 0.969 bits per heavy atom. The number of benzene rings is 3. The second kappa shape index (κ2) is 54.1. The normalized spacial score (nSPS) is 13.9. The molecule has 3 aromatic carbocycles. The minimum absolute atomic E-state index is 0. The van der Waals surface area contributed by atoms with E-state index in [1.807, 2.05) is 60.8 Å². The van der Waals surface area contributed by atoms with E-state index in [-0.39, 0.29) is 214 Å². The maximum absolute atomic E-state index is 12.6. The largest absolute Gasteiger partial charge is 1.00 e. The van der Waals surface area contributed by atoms with Crippen LogP contribution in [0.25, 0.3) is 38.8 Å². The van der Waals surface area contributed by atoms with Gasteiger partial charge in [-0.2, -0.15) is 15.3 Å². The molecule has 2 aliphatic heterocycles. The number of fused-ring (bicyclic) bond motifs is 6. The van der Waals surface area contributed by atoms with E-state index >= 15 is 0 Å². The van der Waals surface area contributed by atoms with Crippen molar-refractivity contribution in [2.75, 3.05) is 55.9 Å². The molecular formula is C93H104Cs2LiN17O17. The molecule has 0 radical (unpaired) electrons. The standard InChI is InChI=1S/C31H34N6O4.C30H33N5O5.C18H19N3O.C13H15N3O3.CH2O3.2Cs.Li.H2O.H/c1-2-40-31(39)17-28(26-19-32-20-29(35-26)36-14-5-8-30(36)38)37-27-12-11-24(16-22(27)18-33-37)41-15-13-23-10-9-21-6-3-4-7-25(21)34-23;36-29(37)8-4-2-6-23-18-31-19-26(34-23)28(16-30(38)39)35-27-12-11-24(15-21(27)17-32-35)40-14-13-22-10-9-20-5-1-3-7-25(20)33-22;1-2-4-17-13(3-1)5-6-15(20-17)9-10-22-16-7-8-18-14(11-16)12-19-21-18;1-2-19-13(18)6-5-10-8-14-9-11(15-10)16-7-3-4-12(16)17;2-1-4-3;;;;;/h9-12,16,18-20,28H,2-8,13-15,17H2,1H3;9-12,15,17-19,28H,1-8,13-14,16H2,(H,36,37)(H,38,39);5-8,11-12H,1-4,9-10H2,(H,19,21);5-6,8-9H,2-4,7H2,1H3;1,3H;;;;1H2;/q;;;;;3*+1;;-1/p-2/b;;;6-5+;;;;;;. The number of H-pyrrole nitrogens is 1. The van der Waals surface area contributed by atoms with E-state index in [4.69, 9.17) is 58.8 Å². The Kier molecular flexibility index (Phi) is 43.5. The molecule has 3 aliphatic carbocycles. The summed E-state index contributed by atoms with van der Waals surface area (Å²) in [7, 11) is 0. The molecule has 4 N–H and O–H groups in total. The van der Waals surface area contributed by atoms with Crippen LogP contribution in [0.4, 0.5) is 11.6 Å². The molecule has 2 fully saturated rings. The second-order valence-electron chi connectivity index (χ2n) is 30.7. The zero-order valence-corrected chi connectivity index (χ0v) is 86.6. The van der Waals surface area contributed by atoms with E-state index in [1.54, 1.807) is 76.4 Å². The molecule has 0 saturated carbocycles. The number of hydrogen-bond donors (Lipinski definition) is 3. The molecule has 12 aromatic rings. The fourth-order valence-corrected chi connectivity index (χ4v) is 15.7. The van der Waals surface area contributed by atoms with Crippen molar-refractivity contribution < 1.29 is 241 Å². The average Bonchev–Trinajstić information content (AvgIpc) is 1.65. The van der Waals surface area contributed by atoms with Gasteiger partial charge in [-0.15, -0.1) is 0 Å². The first-order chi connectivity index (χ1) is 61.5. The number of amides is 2. The maximum atomic E-state index is 12.6. The number of aliphatic carboxylic acids is 2. The first-order valence-corrected chi connectivity index (χ1v) is 43.0. The predicted molar refractivity (Wildman–Crippen MR) is 466 cm³/mol. The number of nitrogens with zero attached hydrogens (tertiary/aromatic N) is 16. The summed E-state index contributed by atoms with van der Waals surface area (Å²) >= 11 is 0. The number of carbonyl (C=O) groups excluding carboxylic acids is 5. The molecule has 0 bridgehead atoms. The van der Waals surface area contributed by atoms with E-state index in [2.05, 4.69) is 86.6 Å². The van der Waals surface area contributed by atoms with Crippen LogP contribution in [0.2, 0.25) is 0 Å². The van der Waals surface area contributed by atoms with Crippen molar-refractivity contribution in [3.63, 3.8) is 0 Å². The molecule has 9 aromatic heterocycles. The monoisotopic (exact) mass is 2000 g/mol.